The second-order valence-corrected chi connectivity index (χ2v) is 7.23. The Kier molecular flexibility index (Phi) is 10.3. The van der Waals surface area contributed by atoms with Crippen LogP contribution < -0.4 is 10.6 Å². The standard InChI is InChI=1S/C16H30N4OS.HI/c1-17-16(18-9-5-11-22-2)19-14-8-10-20(12-14)15(21)13-6-3-4-7-13;/h13-14H,3-12H2,1-2H3,(H2,17,18,19);1H. The van der Waals surface area contributed by atoms with E-state index in [-0.39, 0.29) is 24.0 Å². The molecule has 2 N–H and O–H groups in total. The topological polar surface area (TPSA) is 56.7 Å². The van der Waals surface area contributed by atoms with Gasteiger partial charge in [-0.25, -0.2) is 0 Å². The smallest absolute Gasteiger partial charge is 0.225 e. The van der Waals surface area contributed by atoms with Crippen LogP contribution in [-0.2, 0) is 4.79 Å². The van der Waals surface area contributed by atoms with Gasteiger partial charge in [-0.15, -0.1) is 24.0 Å². The van der Waals surface area contributed by atoms with Crippen molar-refractivity contribution in [2.45, 2.75) is 44.6 Å². The van der Waals surface area contributed by atoms with Crippen LogP contribution in [0.5, 0.6) is 0 Å². The maximum absolute atomic E-state index is 12.4. The lowest BCUT2D eigenvalue weighted by atomic mass is 10.1. The molecule has 0 bridgehead atoms. The highest BCUT2D eigenvalue weighted by molar-refractivity contribution is 14.0. The van der Waals surface area contributed by atoms with E-state index >= 15 is 0 Å². The van der Waals surface area contributed by atoms with Gasteiger partial charge in [0.25, 0.3) is 0 Å². The van der Waals surface area contributed by atoms with Gasteiger partial charge in [0.15, 0.2) is 5.96 Å². The summed E-state index contributed by atoms with van der Waals surface area (Å²) in [5.41, 5.74) is 0. The Morgan fingerprint density at radius 3 is 2.70 bits per heavy atom. The van der Waals surface area contributed by atoms with Crippen molar-refractivity contribution in [3.63, 3.8) is 0 Å². The van der Waals surface area contributed by atoms with Gasteiger partial charge in [0, 0.05) is 38.6 Å². The summed E-state index contributed by atoms with van der Waals surface area (Å²) in [5, 5.41) is 6.81. The zero-order chi connectivity index (χ0) is 15.8. The summed E-state index contributed by atoms with van der Waals surface area (Å²) >= 11 is 1.86. The molecule has 0 aromatic rings. The van der Waals surface area contributed by atoms with Crippen molar-refractivity contribution in [2.24, 2.45) is 10.9 Å². The first-order valence-electron chi connectivity index (χ1n) is 8.49. The molecule has 0 aromatic heterocycles. The van der Waals surface area contributed by atoms with Gasteiger partial charge in [-0.1, -0.05) is 12.8 Å². The van der Waals surface area contributed by atoms with Crippen LogP contribution in [0.25, 0.3) is 0 Å². The van der Waals surface area contributed by atoms with Crippen LogP contribution in [0.2, 0.25) is 0 Å². The normalized spacial score (nSPS) is 22.1. The van der Waals surface area contributed by atoms with E-state index in [0.717, 1.165) is 57.0 Å². The third kappa shape index (κ3) is 6.68. The molecule has 1 atom stereocenters. The minimum absolute atomic E-state index is 0. The number of thioether (sulfide) groups is 1. The van der Waals surface area contributed by atoms with Gasteiger partial charge < -0.3 is 15.5 Å². The summed E-state index contributed by atoms with van der Waals surface area (Å²) in [6.45, 7) is 2.65. The van der Waals surface area contributed by atoms with E-state index in [9.17, 15) is 4.79 Å². The molecule has 134 valence electrons. The van der Waals surface area contributed by atoms with Crippen LogP contribution in [0.1, 0.15) is 38.5 Å². The maximum Gasteiger partial charge on any atom is 0.225 e. The molecule has 1 saturated carbocycles. The van der Waals surface area contributed by atoms with E-state index in [1.807, 2.05) is 11.8 Å². The molecule has 23 heavy (non-hydrogen) atoms. The van der Waals surface area contributed by atoms with E-state index in [0.29, 0.717) is 17.9 Å². The van der Waals surface area contributed by atoms with E-state index < -0.39 is 0 Å². The molecule has 0 aromatic carbocycles. The van der Waals surface area contributed by atoms with Crippen LogP contribution in [0.4, 0.5) is 0 Å². The van der Waals surface area contributed by atoms with Crippen molar-refractivity contribution < 1.29 is 4.79 Å². The average Bonchev–Trinajstić information content (AvgIpc) is 3.21. The Bertz CT molecular complexity index is 388. The molecule has 1 aliphatic carbocycles. The van der Waals surface area contributed by atoms with Crippen LogP contribution >= 0.6 is 35.7 Å². The highest BCUT2D eigenvalue weighted by Crippen LogP contribution is 2.27. The maximum atomic E-state index is 12.4. The van der Waals surface area contributed by atoms with E-state index in [1.165, 1.54) is 12.8 Å². The van der Waals surface area contributed by atoms with Crippen molar-refractivity contribution >= 4 is 47.6 Å². The van der Waals surface area contributed by atoms with Crippen molar-refractivity contribution in [3.8, 4) is 0 Å². The molecule has 1 unspecified atom stereocenters. The number of rotatable bonds is 6. The second-order valence-electron chi connectivity index (χ2n) is 6.24. The molecule has 1 saturated heterocycles. The van der Waals surface area contributed by atoms with E-state index in [2.05, 4.69) is 26.8 Å². The fourth-order valence-electron chi connectivity index (χ4n) is 3.32. The lowest BCUT2D eigenvalue weighted by molar-refractivity contribution is -0.134. The molecule has 2 aliphatic rings. The third-order valence-corrected chi connectivity index (χ3v) is 5.28. The van der Waals surface area contributed by atoms with Crippen LogP contribution in [0.3, 0.4) is 0 Å². The van der Waals surface area contributed by atoms with Gasteiger partial charge in [0.1, 0.15) is 0 Å². The van der Waals surface area contributed by atoms with Crippen LogP contribution in [-0.4, -0.2) is 61.5 Å². The Morgan fingerprint density at radius 2 is 2.04 bits per heavy atom. The Morgan fingerprint density at radius 1 is 1.30 bits per heavy atom. The van der Waals surface area contributed by atoms with Crippen LogP contribution in [0, 0.1) is 5.92 Å². The lowest BCUT2D eigenvalue weighted by Crippen LogP contribution is -2.45. The molecule has 5 nitrogen and oxygen atoms in total. The van der Waals surface area contributed by atoms with Gasteiger partial charge in [0.05, 0.1) is 0 Å². The number of carbonyl (C=O) groups is 1. The molecule has 7 heteroatoms. The predicted molar refractivity (Wildman–Crippen MR) is 110 cm³/mol. The summed E-state index contributed by atoms with van der Waals surface area (Å²) in [4.78, 5) is 18.8. The molecule has 0 radical (unpaired) electrons. The Labute approximate surface area is 161 Å². The average molecular weight is 454 g/mol. The van der Waals surface area contributed by atoms with Gasteiger partial charge in [-0.05, 0) is 37.7 Å². The highest BCUT2D eigenvalue weighted by atomic mass is 127. The summed E-state index contributed by atoms with van der Waals surface area (Å²) in [5.74, 6) is 2.70. The lowest BCUT2D eigenvalue weighted by Gasteiger charge is -2.21. The monoisotopic (exact) mass is 454 g/mol. The summed E-state index contributed by atoms with van der Waals surface area (Å²) in [7, 11) is 1.81. The SMILES string of the molecule is CN=C(NCCCSC)NC1CCN(C(=O)C2CCCC2)C1.I. The minimum atomic E-state index is 0. The fraction of sp³-hybridized carbons (Fsp3) is 0.875. The van der Waals surface area contributed by atoms with E-state index in [1.54, 1.807) is 7.05 Å². The molecule has 2 rings (SSSR count). The van der Waals surface area contributed by atoms with Gasteiger partial charge in [-0.2, -0.15) is 11.8 Å². The summed E-state index contributed by atoms with van der Waals surface area (Å²) in [6.07, 6.45) is 8.90. The highest BCUT2D eigenvalue weighted by Gasteiger charge is 2.32. The van der Waals surface area contributed by atoms with Gasteiger partial charge in [0.2, 0.25) is 5.91 Å². The number of hydrogen-bond acceptors (Lipinski definition) is 3. The van der Waals surface area contributed by atoms with E-state index in [4.69, 9.17) is 0 Å². The summed E-state index contributed by atoms with van der Waals surface area (Å²) in [6, 6.07) is 0.331. The first kappa shape index (κ1) is 20.9. The molecular weight excluding hydrogens is 423 g/mol. The number of carbonyl (C=O) groups excluding carboxylic acids is 1. The zero-order valence-electron chi connectivity index (χ0n) is 14.3. The number of likely N-dealkylation sites (tertiary alicyclic amines) is 1. The molecule has 1 aliphatic heterocycles. The van der Waals surface area contributed by atoms with Crippen molar-refractivity contribution in [1.29, 1.82) is 0 Å². The first-order chi connectivity index (χ1) is 10.7. The number of nitrogens with one attached hydrogen (secondary N) is 2. The van der Waals surface area contributed by atoms with Crippen molar-refractivity contribution in [3.05, 3.63) is 0 Å². The molecular formula is C16H31IN4OS. The zero-order valence-corrected chi connectivity index (χ0v) is 17.5. The third-order valence-electron chi connectivity index (χ3n) is 4.59. The summed E-state index contributed by atoms with van der Waals surface area (Å²) < 4.78 is 0. The predicted octanol–water partition coefficient (Wildman–Crippen LogP) is 2.31. The number of guanidine groups is 1. The molecule has 1 amide bonds. The van der Waals surface area contributed by atoms with Crippen LogP contribution in [0.15, 0.2) is 4.99 Å². The van der Waals surface area contributed by atoms with Gasteiger partial charge >= 0.3 is 0 Å². The number of nitrogens with zero attached hydrogens (tertiary/aromatic N) is 2. The quantitative estimate of drug-likeness (QED) is 0.280. The van der Waals surface area contributed by atoms with Crippen molar-refractivity contribution in [1.82, 2.24) is 15.5 Å². The number of amides is 1. The Balaban J connectivity index is 0.00000264. The second kappa shape index (κ2) is 11.4. The minimum Gasteiger partial charge on any atom is -0.356 e. The fourth-order valence-corrected chi connectivity index (χ4v) is 3.75. The number of halogens is 1. The molecule has 1 heterocycles. The van der Waals surface area contributed by atoms with Crippen molar-refractivity contribution in [2.75, 3.05) is 38.7 Å². The number of hydrogen-bond donors (Lipinski definition) is 2. The molecule has 2 fully saturated rings. The Hall–Kier alpha value is -0.180. The largest absolute Gasteiger partial charge is 0.356 e. The molecule has 0 spiro atoms. The van der Waals surface area contributed by atoms with Gasteiger partial charge in [-0.3, -0.25) is 9.79 Å². The first-order valence-corrected chi connectivity index (χ1v) is 9.89. The number of aliphatic imine (C=N–C) groups is 1.